The average Bonchev–Trinajstić information content (AvgIpc) is 3.20. The van der Waals surface area contributed by atoms with Crippen LogP contribution in [0.25, 0.3) is 0 Å². The van der Waals surface area contributed by atoms with Crippen molar-refractivity contribution in [3.05, 3.63) is 21.9 Å². The van der Waals surface area contributed by atoms with Crippen molar-refractivity contribution < 1.29 is 4.79 Å². The molecule has 3 nitrogen and oxygen atoms in total. The van der Waals surface area contributed by atoms with Crippen LogP contribution in [0.3, 0.4) is 0 Å². The quantitative estimate of drug-likeness (QED) is 0.767. The number of aryl methyl sites for hydroxylation is 1. The Labute approximate surface area is 162 Å². The molecule has 4 rings (SSSR count). The summed E-state index contributed by atoms with van der Waals surface area (Å²) in [6.07, 6.45) is 8.50. The van der Waals surface area contributed by atoms with Crippen molar-refractivity contribution in [2.24, 2.45) is 5.41 Å². The molecule has 3 aliphatic rings. The average molecular weight is 375 g/mol. The molecule has 2 saturated heterocycles. The van der Waals surface area contributed by atoms with Gasteiger partial charge in [0.25, 0.3) is 0 Å². The van der Waals surface area contributed by atoms with E-state index >= 15 is 0 Å². The first-order valence-corrected chi connectivity index (χ1v) is 11.4. The number of carbonyl (C=O) groups is 1. The van der Waals surface area contributed by atoms with Crippen molar-refractivity contribution in [1.29, 1.82) is 0 Å². The molecular formula is C22H34N2OS. The Morgan fingerprint density at radius 2 is 1.92 bits per heavy atom. The molecular weight excluding hydrogens is 340 g/mol. The van der Waals surface area contributed by atoms with Gasteiger partial charge < -0.3 is 9.80 Å². The van der Waals surface area contributed by atoms with Crippen molar-refractivity contribution in [2.45, 2.75) is 77.2 Å². The molecule has 2 aliphatic heterocycles. The highest BCUT2D eigenvalue weighted by molar-refractivity contribution is 7.10. The molecule has 4 heteroatoms. The third-order valence-corrected chi connectivity index (χ3v) is 8.10. The Kier molecular flexibility index (Phi) is 4.94. The minimum Gasteiger partial charge on any atom is -0.337 e. The normalized spacial score (nSPS) is 26.5. The molecule has 0 bridgehead atoms. The maximum atomic E-state index is 13.1. The zero-order valence-electron chi connectivity index (χ0n) is 16.7. The van der Waals surface area contributed by atoms with E-state index in [-0.39, 0.29) is 11.0 Å². The van der Waals surface area contributed by atoms with E-state index in [9.17, 15) is 4.79 Å². The lowest BCUT2D eigenvalue weighted by atomic mass is 9.76. The fourth-order valence-electron chi connectivity index (χ4n) is 5.35. The number of amides is 1. The number of hydrogen-bond acceptors (Lipinski definition) is 3. The zero-order chi connectivity index (χ0) is 18.4. The predicted octanol–water partition coefficient (Wildman–Crippen LogP) is 4.67. The van der Waals surface area contributed by atoms with Crippen LogP contribution in [0.4, 0.5) is 0 Å². The SMILES string of the molecule is CC(C)(C)N1CCC2(CCN(CCC3CCCc4sccc43)CC2)C1=O. The van der Waals surface area contributed by atoms with Crippen LogP contribution in [0.1, 0.15) is 75.7 Å². The van der Waals surface area contributed by atoms with Gasteiger partial charge in [-0.2, -0.15) is 0 Å². The van der Waals surface area contributed by atoms with Gasteiger partial charge in [0.1, 0.15) is 0 Å². The predicted molar refractivity (Wildman–Crippen MR) is 109 cm³/mol. The van der Waals surface area contributed by atoms with E-state index in [1.807, 2.05) is 11.3 Å². The highest BCUT2D eigenvalue weighted by atomic mass is 32.1. The van der Waals surface area contributed by atoms with Gasteiger partial charge in [-0.1, -0.05) is 0 Å². The highest BCUT2D eigenvalue weighted by Gasteiger charge is 2.50. The first-order chi connectivity index (χ1) is 12.4. The lowest BCUT2D eigenvalue weighted by Gasteiger charge is -2.40. The Hall–Kier alpha value is -0.870. The fourth-order valence-corrected chi connectivity index (χ4v) is 6.36. The Morgan fingerprint density at radius 3 is 2.62 bits per heavy atom. The molecule has 1 amide bonds. The lowest BCUT2D eigenvalue weighted by Crippen LogP contribution is -2.49. The van der Waals surface area contributed by atoms with Crippen LogP contribution in [0, 0.1) is 5.41 Å². The van der Waals surface area contributed by atoms with Gasteiger partial charge in [-0.15, -0.1) is 11.3 Å². The second-order valence-corrected chi connectivity index (χ2v) is 10.7. The second kappa shape index (κ2) is 6.94. The molecule has 1 aliphatic carbocycles. The summed E-state index contributed by atoms with van der Waals surface area (Å²) in [7, 11) is 0. The topological polar surface area (TPSA) is 23.6 Å². The molecule has 26 heavy (non-hydrogen) atoms. The molecule has 144 valence electrons. The third kappa shape index (κ3) is 3.35. The Morgan fingerprint density at radius 1 is 1.19 bits per heavy atom. The minimum atomic E-state index is -0.0465. The van der Waals surface area contributed by atoms with Gasteiger partial charge in [0.15, 0.2) is 0 Å². The maximum Gasteiger partial charge on any atom is 0.229 e. The number of nitrogens with zero attached hydrogens (tertiary/aromatic N) is 2. The minimum absolute atomic E-state index is 0.0308. The number of rotatable bonds is 3. The molecule has 0 N–H and O–H groups in total. The maximum absolute atomic E-state index is 13.1. The summed E-state index contributed by atoms with van der Waals surface area (Å²) in [5.41, 5.74) is 1.56. The summed E-state index contributed by atoms with van der Waals surface area (Å²) in [5.74, 6) is 1.20. The summed E-state index contributed by atoms with van der Waals surface area (Å²) >= 11 is 1.95. The molecule has 1 aromatic rings. The van der Waals surface area contributed by atoms with Gasteiger partial charge in [0, 0.05) is 17.0 Å². The van der Waals surface area contributed by atoms with Crippen LogP contribution in [0.15, 0.2) is 11.4 Å². The van der Waals surface area contributed by atoms with Crippen molar-refractivity contribution in [3.63, 3.8) is 0 Å². The molecule has 0 radical (unpaired) electrons. The Bertz CT molecular complexity index is 651. The third-order valence-electron chi connectivity index (χ3n) is 7.11. The van der Waals surface area contributed by atoms with Gasteiger partial charge >= 0.3 is 0 Å². The van der Waals surface area contributed by atoms with E-state index in [0.717, 1.165) is 44.8 Å². The number of fused-ring (bicyclic) bond motifs is 1. The van der Waals surface area contributed by atoms with E-state index < -0.39 is 0 Å². The lowest BCUT2D eigenvalue weighted by molar-refractivity contribution is -0.142. The first kappa shape index (κ1) is 18.5. The zero-order valence-corrected chi connectivity index (χ0v) is 17.5. The summed E-state index contributed by atoms with van der Waals surface area (Å²) in [4.78, 5) is 19.4. The van der Waals surface area contributed by atoms with E-state index in [1.165, 1.54) is 32.2 Å². The van der Waals surface area contributed by atoms with Gasteiger partial charge in [-0.25, -0.2) is 0 Å². The monoisotopic (exact) mass is 374 g/mol. The van der Waals surface area contributed by atoms with Gasteiger partial charge in [0.05, 0.1) is 5.41 Å². The van der Waals surface area contributed by atoms with Crippen LogP contribution in [-0.4, -0.2) is 47.4 Å². The molecule has 0 aromatic carbocycles. The highest BCUT2D eigenvalue weighted by Crippen LogP contribution is 2.44. The fraction of sp³-hybridized carbons (Fsp3) is 0.773. The number of hydrogen-bond donors (Lipinski definition) is 0. The van der Waals surface area contributed by atoms with Gasteiger partial charge in [0.2, 0.25) is 5.91 Å². The molecule has 1 unspecified atom stereocenters. The smallest absolute Gasteiger partial charge is 0.229 e. The van der Waals surface area contributed by atoms with Crippen LogP contribution in [0.5, 0.6) is 0 Å². The van der Waals surface area contributed by atoms with Crippen molar-refractivity contribution in [3.8, 4) is 0 Å². The summed E-state index contributed by atoms with van der Waals surface area (Å²) < 4.78 is 0. The van der Waals surface area contributed by atoms with E-state index in [2.05, 4.69) is 42.0 Å². The number of thiophene rings is 1. The molecule has 1 aromatic heterocycles. The van der Waals surface area contributed by atoms with Crippen molar-refractivity contribution >= 4 is 17.2 Å². The van der Waals surface area contributed by atoms with Gasteiger partial charge in [-0.05, 0) is 108 Å². The summed E-state index contributed by atoms with van der Waals surface area (Å²) in [6, 6.07) is 2.37. The summed E-state index contributed by atoms with van der Waals surface area (Å²) in [5, 5.41) is 2.28. The Balaban J connectivity index is 1.31. The van der Waals surface area contributed by atoms with Crippen LogP contribution < -0.4 is 0 Å². The number of piperidine rings is 1. The number of likely N-dealkylation sites (tertiary alicyclic amines) is 2. The standard InChI is InChI=1S/C22H34N2OS/c1-21(2,3)24-15-11-22(20(24)25)9-13-23(14-10-22)12-7-17-5-4-6-19-18(17)8-16-26-19/h8,16-17H,4-7,9-15H2,1-3H3. The largest absolute Gasteiger partial charge is 0.337 e. The van der Waals surface area contributed by atoms with Crippen molar-refractivity contribution in [2.75, 3.05) is 26.2 Å². The van der Waals surface area contributed by atoms with Gasteiger partial charge in [-0.3, -0.25) is 4.79 Å². The van der Waals surface area contributed by atoms with E-state index in [1.54, 1.807) is 10.4 Å². The van der Waals surface area contributed by atoms with E-state index in [4.69, 9.17) is 0 Å². The van der Waals surface area contributed by atoms with Crippen molar-refractivity contribution in [1.82, 2.24) is 9.80 Å². The molecule has 2 fully saturated rings. The molecule has 1 atom stereocenters. The van der Waals surface area contributed by atoms with E-state index in [0.29, 0.717) is 5.91 Å². The first-order valence-electron chi connectivity index (χ1n) is 10.5. The summed E-state index contributed by atoms with van der Waals surface area (Å²) in [6.45, 7) is 10.9. The molecule has 3 heterocycles. The van der Waals surface area contributed by atoms with Crippen LogP contribution >= 0.6 is 11.3 Å². The second-order valence-electron chi connectivity index (χ2n) is 9.68. The van der Waals surface area contributed by atoms with Crippen LogP contribution in [0.2, 0.25) is 0 Å². The molecule has 0 saturated carbocycles. The number of carbonyl (C=O) groups excluding carboxylic acids is 1. The van der Waals surface area contributed by atoms with Crippen LogP contribution in [-0.2, 0) is 11.2 Å². The molecule has 1 spiro atoms.